The lowest BCUT2D eigenvalue weighted by Gasteiger charge is -2.13. The molecule has 0 bridgehead atoms. The Morgan fingerprint density at radius 2 is 1.35 bits per heavy atom. The van der Waals surface area contributed by atoms with E-state index in [2.05, 4.69) is 15.3 Å². The normalized spacial score (nSPS) is 10.9. The number of rotatable bonds is 5. The average molecular weight is 340 g/mol. The molecule has 0 saturated carbocycles. The van der Waals surface area contributed by atoms with Gasteiger partial charge in [0, 0.05) is 5.56 Å². The monoisotopic (exact) mass is 340 g/mol. The summed E-state index contributed by atoms with van der Waals surface area (Å²) in [6.45, 7) is 0. The Balaban J connectivity index is 1.70. The van der Waals surface area contributed by atoms with E-state index in [1.807, 2.05) is 91.0 Å². The molecule has 0 aliphatic carbocycles. The highest BCUT2D eigenvalue weighted by Crippen LogP contribution is 2.27. The fourth-order valence-corrected chi connectivity index (χ4v) is 2.46. The molecule has 3 aromatic carbocycles. The minimum atomic E-state index is 0.308. The Labute approximate surface area is 151 Å². The van der Waals surface area contributed by atoms with Crippen molar-refractivity contribution in [1.82, 2.24) is 10.2 Å². The van der Waals surface area contributed by atoms with Crippen LogP contribution in [0.5, 0.6) is 0 Å². The van der Waals surface area contributed by atoms with Crippen molar-refractivity contribution in [1.29, 1.82) is 0 Å². The first kappa shape index (κ1) is 15.8. The second-order valence-electron chi connectivity index (χ2n) is 5.56. The Morgan fingerprint density at radius 1 is 0.731 bits per heavy atom. The molecular formula is C21H16N4O. The van der Waals surface area contributed by atoms with Gasteiger partial charge in [0.2, 0.25) is 5.89 Å². The van der Waals surface area contributed by atoms with Crippen molar-refractivity contribution in [3.8, 4) is 11.5 Å². The molecule has 0 fully saturated rings. The number of anilines is 2. The molecule has 1 aromatic heterocycles. The van der Waals surface area contributed by atoms with Gasteiger partial charge in [-0.2, -0.15) is 10.1 Å². The van der Waals surface area contributed by atoms with Crippen molar-refractivity contribution in [2.24, 2.45) is 5.10 Å². The molecule has 0 aliphatic rings. The summed E-state index contributed by atoms with van der Waals surface area (Å²) >= 11 is 0. The van der Waals surface area contributed by atoms with Crippen molar-refractivity contribution in [2.75, 3.05) is 5.01 Å². The maximum Gasteiger partial charge on any atom is 0.344 e. The number of aromatic nitrogens is 2. The minimum absolute atomic E-state index is 0.308. The topological polar surface area (TPSA) is 54.5 Å². The highest BCUT2D eigenvalue weighted by molar-refractivity contribution is 5.81. The molecule has 0 aliphatic heterocycles. The predicted octanol–water partition coefficient (Wildman–Crippen LogP) is 4.91. The van der Waals surface area contributed by atoms with Gasteiger partial charge in [-0.15, -0.1) is 5.10 Å². The molecule has 126 valence electrons. The first-order valence-electron chi connectivity index (χ1n) is 8.23. The van der Waals surface area contributed by atoms with Gasteiger partial charge in [-0.05, 0) is 29.8 Å². The smallest absolute Gasteiger partial charge is 0.344 e. The Hall–Kier alpha value is -3.73. The lowest BCUT2D eigenvalue weighted by atomic mass is 10.2. The van der Waals surface area contributed by atoms with Crippen LogP contribution in [0.2, 0.25) is 0 Å². The summed E-state index contributed by atoms with van der Waals surface area (Å²) in [5.41, 5.74) is 2.69. The van der Waals surface area contributed by atoms with E-state index in [-0.39, 0.29) is 0 Å². The molecule has 0 unspecified atom stereocenters. The number of para-hydroxylation sites is 1. The standard InChI is InChI=1S/C21H16N4O/c1-4-10-17(11-5-1)16-22-25(19-14-8-3-9-15-19)21-24-23-20(26-21)18-12-6-2-7-13-18/h1-16H/b22-16-. The van der Waals surface area contributed by atoms with Crippen LogP contribution in [-0.2, 0) is 0 Å². The van der Waals surface area contributed by atoms with Gasteiger partial charge >= 0.3 is 6.01 Å². The molecular weight excluding hydrogens is 324 g/mol. The summed E-state index contributed by atoms with van der Waals surface area (Å²) in [5, 5.41) is 14.5. The van der Waals surface area contributed by atoms with Crippen LogP contribution < -0.4 is 5.01 Å². The zero-order valence-electron chi connectivity index (χ0n) is 13.9. The predicted molar refractivity (Wildman–Crippen MR) is 102 cm³/mol. The van der Waals surface area contributed by atoms with Crippen LogP contribution in [0.4, 0.5) is 11.7 Å². The molecule has 5 heteroatoms. The molecule has 4 rings (SSSR count). The van der Waals surface area contributed by atoms with Gasteiger partial charge in [0.05, 0.1) is 11.9 Å². The third-order valence-corrected chi connectivity index (χ3v) is 3.74. The SMILES string of the molecule is C(=N/N(c1ccccc1)c1nnc(-c2ccccc2)o1)/c1ccccc1. The number of benzene rings is 3. The van der Waals surface area contributed by atoms with Crippen LogP contribution in [0.15, 0.2) is 101 Å². The van der Waals surface area contributed by atoms with E-state index in [0.717, 1.165) is 16.8 Å². The highest BCUT2D eigenvalue weighted by Gasteiger charge is 2.16. The molecule has 0 N–H and O–H groups in total. The molecule has 0 amide bonds. The van der Waals surface area contributed by atoms with Crippen LogP contribution in [-0.4, -0.2) is 16.4 Å². The van der Waals surface area contributed by atoms with Gasteiger partial charge in [0.15, 0.2) is 0 Å². The summed E-state index contributed by atoms with van der Waals surface area (Å²) < 4.78 is 5.86. The lowest BCUT2D eigenvalue weighted by molar-refractivity contribution is 0.566. The average Bonchev–Trinajstić information content (AvgIpc) is 3.20. The molecule has 0 radical (unpaired) electrons. The van der Waals surface area contributed by atoms with E-state index in [0.29, 0.717) is 11.9 Å². The molecule has 0 saturated heterocycles. The van der Waals surface area contributed by atoms with Gasteiger partial charge in [0.1, 0.15) is 0 Å². The largest absolute Gasteiger partial charge is 0.402 e. The zero-order valence-corrected chi connectivity index (χ0v) is 13.9. The van der Waals surface area contributed by atoms with Crippen molar-refractivity contribution in [3.05, 3.63) is 96.6 Å². The van der Waals surface area contributed by atoms with E-state index in [1.54, 1.807) is 11.2 Å². The van der Waals surface area contributed by atoms with Crippen molar-refractivity contribution in [2.45, 2.75) is 0 Å². The lowest BCUT2D eigenvalue weighted by Crippen LogP contribution is -2.09. The maximum atomic E-state index is 5.86. The van der Waals surface area contributed by atoms with Gasteiger partial charge in [0.25, 0.3) is 0 Å². The molecule has 4 aromatic rings. The third kappa shape index (κ3) is 3.52. The van der Waals surface area contributed by atoms with Crippen molar-refractivity contribution in [3.63, 3.8) is 0 Å². The summed E-state index contributed by atoms with van der Waals surface area (Å²) in [7, 11) is 0. The van der Waals surface area contributed by atoms with Crippen LogP contribution >= 0.6 is 0 Å². The molecule has 0 atom stereocenters. The Kier molecular flexibility index (Phi) is 4.52. The van der Waals surface area contributed by atoms with E-state index in [1.165, 1.54) is 0 Å². The summed E-state index contributed by atoms with van der Waals surface area (Å²) in [5.74, 6) is 0.455. The quantitative estimate of drug-likeness (QED) is 0.383. The maximum absolute atomic E-state index is 5.86. The Morgan fingerprint density at radius 3 is 2.04 bits per heavy atom. The Bertz CT molecular complexity index is 982. The second-order valence-corrected chi connectivity index (χ2v) is 5.56. The first-order valence-corrected chi connectivity index (χ1v) is 8.23. The van der Waals surface area contributed by atoms with E-state index < -0.39 is 0 Å². The van der Waals surface area contributed by atoms with Gasteiger partial charge in [-0.25, -0.2) is 0 Å². The fraction of sp³-hybridized carbons (Fsp3) is 0. The summed E-state index contributed by atoms with van der Waals surface area (Å²) in [6.07, 6.45) is 1.76. The van der Waals surface area contributed by atoms with Crippen LogP contribution in [0, 0.1) is 0 Å². The first-order chi connectivity index (χ1) is 12.9. The number of hydrogen-bond acceptors (Lipinski definition) is 5. The van der Waals surface area contributed by atoms with Crippen LogP contribution in [0.25, 0.3) is 11.5 Å². The van der Waals surface area contributed by atoms with Gasteiger partial charge in [-0.3, -0.25) is 0 Å². The van der Waals surface area contributed by atoms with Crippen LogP contribution in [0.3, 0.4) is 0 Å². The number of nitrogens with zero attached hydrogens (tertiary/aromatic N) is 4. The van der Waals surface area contributed by atoms with E-state index in [4.69, 9.17) is 4.42 Å². The molecule has 26 heavy (non-hydrogen) atoms. The van der Waals surface area contributed by atoms with Gasteiger partial charge in [-0.1, -0.05) is 71.8 Å². The fourth-order valence-electron chi connectivity index (χ4n) is 2.46. The molecule has 0 spiro atoms. The number of hydrogen-bond donors (Lipinski definition) is 0. The minimum Gasteiger partial charge on any atom is -0.402 e. The van der Waals surface area contributed by atoms with Crippen molar-refractivity contribution < 1.29 is 4.42 Å². The summed E-state index contributed by atoms with van der Waals surface area (Å²) in [4.78, 5) is 0. The van der Waals surface area contributed by atoms with Crippen LogP contribution in [0.1, 0.15) is 5.56 Å². The van der Waals surface area contributed by atoms with E-state index in [9.17, 15) is 0 Å². The van der Waals surface area contributed by atoms with Gasteiger partial charge < -0.3 is 4.42 Å². The summed E-state index contributed by atoms with van der Waals surface area (Å²) in [6, 6.07) is 29.5. The number of hydrazone groups is 1. The molecule has 1 heterocycles. The van der Waals surface area contributed by atoms with Crippen molar-refractivity contribution >= 4 is 17.9 Å². The van der Waals surface area contributed by atoms with E-state index >= 15 is 0 Å². The highest BCUT2D eigenvalue weighted by atomic mass is 16.4. The third-order valence-electron chi connectivity index (χ3n) is 3.74. The second kappa shape index (κ2) is 7.44. The zero-order chi connectivity index (χ0) is 17.6. The molecule has 5 nitrogen and oxygen atoms in total.